The molecule has 0 radical (unpaired) electrons. The minimum Gasteiger partial charge on any atom is -0.491 e. The van der Waals surface area contributed by atoms with Crippen molar-refractivity contribution >= 4 is 0 Å². The van der Waals surface area contributed by atoms with E-state index in [4.69, 9.17) is 14.2 Å². The summed E-state index contributed by atoms with van der Waals surface area (Å²) >= 11 is 0. The van der Waals surface area contributed by atoms with Crippen molar-refractivity contribution in [3.63, 3.8) is 0 Å². The molecule has 0 aliphatic heterocycles. The number of quaternary nitrogens is 1. The number of hydrogen-bond donors (Lipinski definition) is 1. The zero-order valence-corrected chi connectivity index (χ0v) is 14.8. The molecule has 0 aliphatic rings. The van der Waals surface area contributed by atoms with Crippen LogP contribution in [0.15, 0.2) is 18.2 Å². The van der Waals surface area contributed by atoms with Gasteiger partial charge in [-0.3, -0.25) is 0 Å². The Hall–Kier alpha value is -1.10. The quantitative estimate of drug-likeness (QED) is 0.671. The van der Waals surface area contributed by atoms with E-state index in [1.54, 1.807) is 7.11 Å². The van der Waals surface area contributed by atoms with E-state index in [1.807, 2.05) is 0 Å². The van der Waals surface area contributed by atoms with Crippen LogP contribution < -0.4 is 10.1 Å². The van der Waals surface area contributed by atoms with Crippen LogP contribution in [0.5, 0.6) is 5.75 Å². The molecule has 1 aromatic rings. The molecule has 4 nitrogen and oxygen atoms in total. The first kappa shape index (κ1) is 18.9. The highest BCUT2D eigenvalue weighted by molar-refractivity contribution is 5.38. The Morgan fingerprint density at radius 1 is 1.00 bits per heavy atom. The fourth-order valence-corrected chi connectivity index (χ4v) is 2.10. The number of hydrogen-bond acceptors (Lipinski definition) is 3. The first-order valence-corrected chi connectivity index (χ1v) is 8.07. The Kier molecular flexibility index (Phi) is 8.46. The largest absolute Gasteiger partial charge is 0.491 e. The van der Waals surface area contributed by atoms with Gasteiger partial charge >= 0.3 is 0 Å². The van der Waals surface area contributed by atoms with Crippen molar-refractivity contribution in [2.45, 2.75) is 33.1 Å². The van der Waals surface area contributed by atoms with Crippen molar-refractivity contribution in [3.8, 4) is 5.75 Å². The molecule has 0 bridgehead atoms. The van der Waals surface area contributed by atoms with Crippen molar-refractivity contribution in [1.82, 2.24) is 0 Å². The fraction of sp³-hybridized carbons (Fsp3) is 0.667. The number of rotatable bonds is 10. The first-order valence-electron chi connectivity index (χ1n) is 8.07. The normalized spacial score (nSPS) is 11.7. The third-order valence-corrected chi connectivity index (χ3v) is 3.52. The molecule has 0 aromatic heterocycles. The minimum absolute atomic E-state index is 0.172. The summed E-state index contributed by atoms with van der Waals surface area (Å²) in [6.45, 7) is 13.4. The molecule has 0 saturated heterocycles. The molecular formula is C18H32NO3+. The summed E-state index contributed by atoms with van der Waals surface area (Å²) in [6, 6.07) is 6.42. The van der Waals surface area contributed by atoms with Gasteiger partial charge in [0.1, 0.15) is 12.4 Å². The molecule has 0 saturated carbocycles. The third kappa shape index (κ3) is 7.25. The summed E-state index contributed by atoms with van der Waals surface area (Å²) in [5, 5.41) is 2.19. The maximum Gasteiger partial charge on any atom is 0.122 e. The molecule has 1 rings (SSSR count). The summed E-state index contributed by atoms with van der Waals surface area (Å²) in [4.78, 5) is 0. The molecular weight excluding hydrogens is 278 g/mol. The fourth-order valence-electron chi connectivity index (χ4n) is 2.10. The van der Waals surface area contributed by atoms with Gasteiger partial charge in [-0.25, -0.2) is 0 Å². The predicted molar refractivity (Wildman–Crippen MR) is 89.7 cm³/mol. The van der Waals surface area contributed by atoms with E-state index in [0.717, 1.165) is 32.1 Å². The zero-order chi connectivity index (χ0) is 16.4. The van der Waals surface area contributed by atoms with Crippen LogP contribution in [0, 0.1) is 6.92 Å². The van der Waals surface area contributed by atoms with Gasteiger partial charge in [-0.2, -0.15) is 0 Å². The van der Waals surface area contributed by atoms with Gasteiger partial charge in [0.2, 0.25) is 0 Å². The van der Waals surface area contributed by atoms with Crippen LogP contribution in [-0.4, -0.2) is 46.6 Å². The van der Waals surface area contributed by atoms with E-state index in [1.165, 1.54) is 11.1 Å². The number of ether oxygens (including phenoxy) is 3. The molecule has 0 spiro atoms. The third-order valence-electron chi connectivity index (χ3n) is 3.52. The standard InChI is InChI=1S/C18H31NO3/c1-15-14-16(18(2,3)4)6-7-17(15)22-13-12-21-11-9-19-8-10-20-5/h6-7,14,19H,8-13H2,1-5H3/p+1. The van der Waals surface area contributed by atoms with E-state index >= 15 is 0 Å². The Morgan fingerprint density at radius 2 is 1.73 bits per heavy atom. The second kappa shape index (κ2) is 9.82. The summed E-state index contributed by atoms with van der Waals surface area (Å²) in [6.07, 6.45) is 0. The van der Waals surface area contributed by atoms with Crippen molar-refractivity contribution in [2.75, 3.05) is 46.6 Å². The van der Waals surface area contributed by atoms with Gasteiger partial charge in [0.05, 0.1) is 32.9 Å². The predicted octanol–water partition coefficient (Wildman–Crippen LogP) is 1.90. The lowest BCUT2D eigenvalue weighted by Gasteiger charge is -2.20. The Labute approximate surface area is 135 Å². The molecule has 0 heterocycles. The van der Waals surface area contributed by atoms with Gasteiger partial charge in [-0.05, 0) is 29.5 Å². The van der Waals surface area contributed by atoms with Gasteiger partial charge in [0, 0.05) is 7.11 Å². The molecule has 126 valence electrons. The van der Waals surface area contributed by atoms with Crippen molar-refractivity contribution in [3.05, 3.63) is 29.3 Å². The number of benzene rings is 1. The lowest BCUT2D eigenvalue weighted by Crippen LogP contribution is -2.86. The zero-order valence-electron chi connectivity index (χ0n) is 14.8. The monoisotopic (exact) mass is 310 g/mol. The van der Waals surface area contributed by atoms with E-state index in [-0.39, 0.29) is 5.41 Å². The SMILES string of the molecule is COCC[NH2+]CCOCCOc1ccc(C(C)(C)C)cc1C. The van der Waals surface area contributed by atoms with Crippen LogP contribution in [0.25, 0.3) is 0 Å². The van der Waals surface area contributed by atoms with Gasteiger partial charge < -0.3 is 19.5 Å². The number of methoxy groups -OCH3 is 1. The van der Waals surface area contributed by atoms with Gasteiger partial charge in [-0.1, -0.05) is 32.9 Å². The molecule has 0 aliphatic carbocycles. The van der Waals surface area contributed by atoms with Crippen molar-refractivity contribution < 1.29 is 19.5 Å². The van der Waals surface area contributed by atoms with Crippen LogP contribution in [0.4, 0.5) is 0 Å². The van der Waals surface area contributed by atoms with Gasteiger partial charge in [-0.15, -0.1) is 0 Å². The molecule has 0 unspecified atom stereocenters. The lowest BCUT2D eigenvalue weighted by molar-refractivity contribution is -0.657. The molecule has 1 aromatic carbocycles. The number of nitrogens with two attached hydrogens (primary N) is 1. The second-order valence-electron chi connectivity index (χ2n) is 6.55. The maximum atomic E-state index is 5.79. The Bertz CT molecular complexity index is 427. The van der Waals surface area contributed by atoms with E-state index in [2.05, 4.69) is 51.2 Å². The van der Waals surface area contributed by atoms with Crippen LogP contribution in [0.3, 0.4) is 0 Å². The second-order valence-corrected chi connectivity index (χ2v) is 6.55. The van der Waals surface area contributed by atoms with Crippen LogP contribution in [0.2, 0.25) is 0 Å². The van der Waals surface area contributed by atoms with E-state index < -0.39 is 0 Å². The molecule has 0 atom stereocenters. The summed E-state index contributed by atoms with van der Waals surface area (Å²) < 4.78 is 16.3. The van der Waals surface area contributed by atoms with Crippen molar-refractivity contribution in [2.24, 2.45) is 0 Å². The van der Waals surface area contributed by atoms with Crippen LogP contribution in [-0.2, 0) is 14.9 Å². The topological polar surface area (TPSA) is 44.3 Å². The molecule has 22 heavy (non-hydrogen) atoms. The van der Waals surface area contributed by atoms with E-state index in [0.29, 0.717) is 13.2 Å². The number of aryl methyl sites for hydroxylation is 1. The summed E-state index contributed by atoms with van der Waals surface area (Å²) in [5.74, 6) is 0.947. The minimum atomic E-state index is 0.172. The van der Waals surface area contributed by atoms with Crippen LogP contribution >= 0.6 is 0 Å². The Morgan fingerprint density at radius 3 is 2.36 bits per heavy atom. The highest BCUT2D eigenvalue weighted by Gasteiger charge is 2.14. The molecule has 0 amide bonds. The van der Waals surface area contributed by atoms with Gasteiger partial charge in [0.25, 0.3) is 0 Å². The highest BCUT2D eigenvalue weighted by Crippen LogP contribution is 2.27. The highest BCUT2D eigenvalue weighted by atomic mass is 16.5. The van der Waals surface area contributed by atoms with Gasteiger partial charge in [0.15, 0.2) is 0 Å². The lowest BCUT2D eigenvalue weighted by atomic mass is 9.86. The molecule has 2 N–H and O–H groups in total. The smallest absolute Gasteiger partial charge is 0.122 e. The van der Waals surface area contributed by atoms with Crippen LogP contribution in [0.1, 0.15) is 31.9 Å². The maximum absolute atomic E-state index is 5.79. The summed E-state index contributed by atoms with van der Waals surface area (Å²) in [7, 11) is 1.72. The molecule has 4 heteroatoms. The first-order chi connectivity index (χ1) is 10.4. The molecule has 0 fully saturated rings. The van der Waals surface area contributed by atoms with E-state index in [9.17, 15) is 0 Å². The van der Waals surface area contributed by atoms with Crippen molar-refractivity contribution in [1.29, 1.82) is 0 Å². The average molecular weight is 310 g/mol. The Balaban J connectivity index is 2.20. The summed E-state index contributed by atoms with van der Waals surface area (Å²) in [5.41, 5.74) is 2.69. The average Bonchev–Trinajstić information content (AvgIpc) is 2.46.